The van der Waals surface area contributed by atoms with Crippen LogP contribution in [0.5, 0.6) is 0 Å². The molecular weight excluding hydrogens is 150 g/mol. The molecule has 1 atom stereocenters. The van der Waals surface area contributed by atoms with Gasteiger partial charge in [-0.1, -0.05) is 13.8 Å². The van der Waals surface area contributed by atoms with E-state index >= 15 is 0 Å². The molecule has 2 nitrogen and oxygen atoms in total. The maximum absolute atomic E-state index is 5.73. The maximum Gasteiger partial charge on any atom is 0.0821 e. The molecule has 0 N–H and O–H groups in total. The summed E-state index contributed by atoms with van der Waals surface area (Å²) in [6.07, 6.45) is 3.81. The number of ether oxygens (including phenoxy) is 1. The van der Waals surface area contributed by atoms with Gasteiger partial charge in [-0.05, 0) is 26.3 Å². The molecule has 1 spiro atoms. The van der Waals surface area contributed by atoms with Crippen LogP contribution in [0.2, 0.25) is 0 Å². The van der Waals surface area contributed by atoms with Gasteiger partial charge in [-0.25, -0.2) is 0 Å². The predicted octanol–water partition coefficient (Wildman–Crippen LogP) is 1.90. The number of nitrogens with zero attached hydrogens (tertiary/aromatic N) is 1. The summed E-state index contributed by atoms with van der Waals surface area (Å²) in [5.74, 6) is 0. The monoisotopic (exact) mass is 171 g/mol. The Balaban J connectivity index is 0.000000336. The van der Waals surface area contributed by atoms with Crippen LogP contribution in [-0.2, 0) is 4.74 Å². The summed E-state index contributed by atoms with van der Waals surface area (Å²) in [4.78, 5) is 2.37. The zero-order chi connectivity index (χ0) is 9.03. The maximum atomic E-state index is 5.73. The first-order valence-electron chi connectivity index (χ1n) is 5.13. The van der Waals surface area contributed by atoms with Crippen LogP contribution < -0.4 is 0 Å². The van der Waals surface area contributed by atoms with E-state index in [1.165, 1.54) is 25.8 Å². The van der Waals surface area contributed by atoms with Crippen LogP contribution in [-0.4, -0.2) is 37.2 Å². The SMILES string of the molecule is CC.CN1CCC2(CCCO2)C1. The van der Waals surface area contributed by atoms with Crippen molar-refractivity contribution in [1.29, 1.82) is 0 Å². The van der Waals surface area contributed by atoms with Gasteiger partial charge in [-0.2, -0.15) is 0 Å². The summed E-state index contributed by atoms with van der Waals surface area (Å²) < 4.78 is 5.73. The number of hydrogen-bond donors (Lipinski definition) is 0. The largest absolute Gasteiger partial charge is 0.374 e. The van der Waals surface area contributed by atoms with E-state index in [0.717, 1.165) is 13.2 Å². The molecular formula is C10H21NO. The van der Waals surface area contributed by atoms with Crippen molar-refractivity contribution in [3.05, 3.63) is 0 Å². The van der Waals surface area contributed by atoms with Gasteiger partial charge in [0.1, 0.15) is 0 Å². The van der Waals surface area contributed by atoms with Crippen LogP contribution in [0.4, 0.5) is 0 Å². The average Bonchev–Trinajstić information content (AvgIpc) is 2.68. The van der Waals surface area contributed by atoms with Gasteiger partial charge < -0.3 is 9.64 Å². The molecule has 0 saturated carbocycles. The lowest BCUT2D eigenvalue weighted by atomic mass is 10.00. The third kappa shape index (κ3) is 1.99. The summed E-state index contributed by atoms with van der Waals surface area (Å²) in [7, 11) is 2.18. The Bertz CT molecular complexity index is 130. The van der Waals surface area contributed by atoms with Crippen LogP contribution in [0.25, 0.3) is 0 Å². The molecule has 0 aromatic heterocycles. The summed E-state index contributed by atoms with van der Waals surface area (Å²) in [6, 6.07) is 0. The average molecular weight is 171 g/mol. The van der Waals surface area contributed by atoms with Gasteiger partial charge in [0.25, 0.3) is 0 Å². The second kappa shape index (κ2) is 4.24. The van der Waals surface area contributed by atoms with Crippen LogP contribution in [0.1, 0.15) is 33.1 Å². The van der Waals surface area contributed by atoms with Crippen molar-refractivity contribution in [2.45, 2.75) is 38.7 Å². The van der Waals surface area contributed by atoms with Gasteiger partial charge in [0, 0.05) is 19.7 Å². The highest BCUT2D eigenvalue weighted by Gasteiger charge is 2.40. The van der Waals surface area contributed by atoms with Crippen LogP contribution >= 0.6 is 0 Å². The Hall–Kier alpha value is -0.0800. The number of likely N-dealkylation sites (N-methyl/N-ethyl adjacent to an activating group) is 1. The summed E-state index contributed by atoms with van der Waals surface area (Å²) >= 11 is 0. The normalized spacial score (nSPS) is 35.2. The fourth-order valence-electron chi connectivity index (χ4n) is 2.12. The highest BCUT2D eigenvalue weighted by atomic mass is 16.5. The van der Waals surface area contributed by atoms with E-state index < -0.39 is 0 Å². The minimum atomic E-state index is 0.286. The molecule has 0 radical (unpaired) electrons. The summed E-state index contributed by atoms with van der Waals surface area (Å²) in [5.41, 5.74) is 0.286. The number of likely N-dealkylation sites (tertiary alicyclic amines) is 1. The summed E-state index contributed by atoms with van der Waals surface area (Å²) in [6.45, 7) is 7.38. The van der Waals surface area contributed by atoms with E-state index in [1.54, 1.807) is 0 Å². The van der Waals surface area contributed by atoms with Gasteiger partial charge in [-0.15, -0.1) is 0 Å². The van der Waals surface area contributed by atoms with E-state index in [1.807, 2.05) is 13.8 Å². The molecule has 0 aromatic rings. The molecule has 2 aliphatic heterocycles. The highest BCUT2D eigenvalue weighted by molar-refractivity contribution is 4.93. The molecule has 0 bridgehead atoms. The second-order valence-electron chi connectivity index (χ2n) is 3.62. The van der Waals surface area contributed by atoms with E-state index in [0.29, 0.717) is 0 Å². The van der Waals surface area contributed by atoms with Crippen LogP contribution in [0.3, 0.4) is 0 Å². The fraction of sp³-hybridized carbons (Fsp3) is 1.00. The second-order valence-corrected chi connectivity index (χ2v) is 3.62. The minimum Gasteiger partial charge on any atom is -0.374 e. The summed E-state index contributed by atoms with van der Waals surface area (Å²) in [5, 5.41) is 0. The van der Waals surface area contributed by atoms with Crippen molar-refractivity contribution in [1.82, 2.24) is 4.90 Å². The van der Waals surface area contributed by atoms with Crippen molar-refractivity contribution in [2.24, 2.45) is 0 Å². The predicted molar refractivity (Wildman–Crippen MR) is 51.4 cm³/mol. The lowest BCUT2D eigenvalue weighted by Gasteiger charge is -2.21. The van der Waals surface area contributed by atoms with Crippen molar-refractivity contribution in [2.75, 3.05) is 26.7 Å². The Morgan fingerprint density at radius 3 is 2.42 bits per heavy atom. The Morgan fingerprint density at radius 2 is 2.00 bits per heavy atom. The van der Waals surface area contributed by atoms with Gasteiger partial charge >= 0.3 is 0 Å². The van der Waals surface area contributed by atoms with Gasteiger partial charge in [0.05, 0.1) is 5.60 Å². The molecule has 2 fully saturated rings. The van der Waals surface area contributed by atoms with Crippen LogP contribution in [0.15, 0.2) is 0 Å². The van der Waals surface area contributed by atoms with E-state index in [9.17, 15) is 0 Å². The standard InChI is InChI=1S/C8H15NO.C2H6/c1-9-5-4-8(7-9)3-2-6-10-8;1-2/h2-7H2,1H3;1-2H3. The quantitative estimate of drug-likeness (QED) is 0.552. The lowest BCUT2D eigenvalue weighted by Crippen LogP contribution is -2.30. The third-order valence-corrected chi connectivity index (χ3v) is 2.69. The van der Waals surface area contributed by atoms with E-state index in [-0.39, 0.29) is 5.60 Å². The molecule has 2 heterocycles. The minimum absolute atomic E-state index is 0.286. The number of rotatable bonds is 0. The van der Waals surface area contributed by atoms with E-state index in [2.05, 4.69) is 11.9 Å². The lowest BCUT2D eigenvalue weighted by molar-refractivity contribution is 0.0146. The fourth-order valence-corrected chi connectivity index (χ4v) is 2.12. The Morgan fingerprint density at radius 1 is 1.25 bits per heavy atom. The molecule has 2 aliphatic rings. The van der Waals surface area contributed by atoms with Crippen molar-refractivity contribution < 1.29 is 4.74 Å². The first-order chi connectivity index (χ1) is 5.81. The van der Waals surface area contributed by atoms with Gasteiger partial charge in [0.2, 0.25) is 0 Å². The molecule has 72 valence electrons. The molecule has 12 heavy (non-hydrogen) atoms. The van der Waals surface area contributed by atoms with E-state index in [4.69, 9.17) is 4.74 Å². The third-order valence-electron chi connectivity index (χ3n) is 2.69. The molecule has 2 saturated heterocycles. The van der Waals surface area contributed by atoms with Crippen molar-refractivity contribution in [3.63, 3.8) is 0 Å². The Kier molecular flexibility index (Phi) is 3.53. The molecule has 0 amide bonds. The molecule has 2 heteroatoms. The van der Waals surface area contributed by atoms with Crippen LogP contribution in [0, 0.1) is 0 Å². The Labute approximate surface area is 75.9 Å². The van der Waals surface area contributed by atoms with Crippen molar-refractivity contribution >= 4 is 0 Å². The number of hydrogen-bond acceptors (Lipinski definition) is 2. The molecule has 0 aliphatic carbocycles. The van der Waals surface area contributed by atoms with Gasteiger partial charge in [-0.3, -0.25) is 0 Å². The first kappa shape index (κ1) is 10.0. The molecule has 2 rings (SSSR count). The first-order valence-corrected chi connectivity index (χ1v) is 5.13. The zero-order valence-electron chi connectivity index (χ0n) is 8.60. The molecule has 0 aromatic carbocycles. The zero-order valence-corrected chi connectivity index (χ0v) is 8.60. The van der Waals surface area contributed by atoms with Crippen molar-refractivity contribution in [3.8, 4) is 0 Å². The highest BCUT2D eigenvalue weighted by Crippen LogP contribution is 2.33. The smallest absolute Gasteiger partial charge is 0.0821 e. The topological polar surface area (TPSA) is 12.5 Å². The molecule has 1 unspecified atom stereocenters. The van der Waals surface area contributed by atoms with Gasteiger partial charge in [0.15, 0.2) is 0 Å².